The molecule has 0 aliphatic rings. The van der Waals surface area contributed by atoms with Crippen molar-refractivity contribution in [2.45, 2.75) is 6.92 Å². The molecule has 0 atom stereocenters. The maximum absolute atomic E-state index is 11.6. The van der Waals surface area contributed by atoms with E-state index in [0.717, 1.165) is 0 Å². The average molecular weight is 192 g/mol. The summed E-state index contributed by atoms with van der Waals surface area (Å²) in [7, 11) is 0. The van der Waals surface area contributed by atoms with Crippen molar-refractivity contribution in [1.82, 2.24) is 5.32 Å². The number of carbonyl (C=O) groups excluding carboxylic acids is 1. The zero-order chi connectivity index (χ0) is 13.2. The Bertz CT molecular complexity index is 503. The molecular formula is C10H11N3O. The van der Waals surface area contributed by atoms with Crippen LogP contribution in [0.1, 0.15) is 25.6 Å². The highest BCUT2D eigenvalue weighted by Crippen LogP contribution is 2.18. The van der Waals surface area contributed by atoms with E-state index in [1.165, 1.54) is 12.1 Å². The first-order chi connectivity index (χ1) is 7.74. The SMILES string of the molecule is [2H]C([2H])([2H])NC(=O)c1cc(C#N)cc(C)c1N. The summed E-state index contributed by atoms with van der Waals surface area (Å²) in [5.74, 6) is -0.817. The van der Waals surface area contributed by atoms with Gasteiger partial charge < -0.3 is 11.1 Å². The Morgan fingerprint density at radius 1 is 1.71 bits per heavy atom. The molecule has 0 saturated carbocycles. The van der Waals surface area contributed by atoms with E-state index >= 15 is 0 Å². The van der Waals surface area contributed by atoms with Crippen LogP contribution in [0.25, 0.3) is 0 Å². The molecule has 0 saturated heterocycles. The molecule has 0 unspecified atom stereocenters. The number of rotatable bonds is 1. The quantitative estimate of drug-likeness (QED) is 0.646. The van der Waals surface area contributed by atoms with Gasteiger partial charge in [-0.05, 0) is 24.6 Å². The Labute approximate surface area is 86.5 Å². The number of nitrogens with two attached hydrogens (primary N) is 1. The van der Waals surface area contributed by atoms with Gasteiger partial charge in [-0.15, -0.1) is 0 Å². The highest BCUT2D eigenvalue weighted by atomic mass is 16.1. The zero-order valence-corrected chi connectivity index (χ0v) is 7.59. The summed E-state index contributed by atoms with van der Waals surface area (Å²) in [6.07, 6.45) is 0. The van der Waals surface area contributed by atoms with E-state index in [-0.39, 0.29) is 16.8 Å². The van der Waals surface area contributed by atoms with E-state index in [4.69, 9.17) is 15.1 Å². The van der Waals surface area contributed by atoms with Crippen LogP contribution in [0.5, 0.6) is 0 Å². The molecule has 4 nitrogen and oxygen atoms in total. The number of amides is 1. The van der Waals surface area contributed by atoms with E-state index in [9.17, 15) is 4.79 Å². The normalized spacial score (nSPS) is 13.3. The molecule has 0 radical (unpaired) electrons. The molecular weight excluding hydrogens is 178 g/mol. The van der Waals surface area contributed by atoms with Crippen LogP contribution in [0.4, 0.5) is 5.69 Å². The number of hydrogen-bond acceptors (Lipinski definition) is 3. The Morgan fingerprint density at radius 2 is 2.43 bits per heavy atom. The second-order valence-electron chi connectivity index (χ2n) is 2.82. The van der Waals surface area contributed by atoms with Crippen LogP contribution in [-0.4, -0.2) is 12.9 Å². The first kappa shape index (κ1) is 6.44. The number of benzene rings is 1. The fraction of sp³-hybridized carbons (Fsp3) is 0.200. The third-order valence-electron chi connectivity index (χ3n) is 1.87. The van der Waals surface area contributed by atoms with Gasteiger partial charge in [0, 0.05) is 16.8 Å². The van der Waals surface area contributed by atoms with Gasteiger partial charge in [-0.3, -0.25) is 4.79 Å². The van der Waals surface area contributed by atoms with Crippen LogP contribution in [0.3, 0.4) is 0 Å². The molecule has 72 valence electrons. The Hall–Kier alpha value is -2.02. The van der Waals surface area contributed by atoms with E-state index in [0.29, 0.717) is 5.56 Å². The number of nitrogens with one attached hydrogen (secondary N) is 1. The van der Waals surface area contributed by atoms with Crippen molar-refractivity contribution >= 4 is 11.6 Å². The summed E-state index contributed by atoms with van der Waals surface area (Å²) >= 11 is 0. The van der Waals surface area contributed by atoms with Gasteiger partial charge >= 0.3 is 0 Å². The number of nitrogens with zero attached hydrogens (tertiary/aromatic N) is 1. The molecule has 1 aromatic rings. The van der Waals surface area contributed by atoms with Gasteiger partial charge in [-0.1, -0.05) is 0 Å². The van der Waals surface area contributed by atoms with Crippen molar-refractivity contribution < 1.29 is 8.91 Å². The fourth-order valence-corrected chi connectivity index (χ4v) is 1.12. The van der Waals surface area contributed by atoms with Crippen molar-refractivity contribution in [3.05, 3.63) is 28.8 Å². The fourth-order valence-electron chi connectivity index (χ4n) is 1.12. The molecule has 0 aliphatic heterocycles. The van der Waals surface area contributed by atoms with Crippen LogP contribution in [-0.2, 0) is 0 Å². The van der Waals surface area contributed by atoms with Crippen LogP contribution in [0.15, 0.2) is 12.1 Å². The molecule has 14 heavy (non-hydrogen) atoms. The molecule has 0 spiro atoms. The molecule has 0 aliphatic carbocycles. The minimum absolute atomic E-state index is 0.00215. The maximum atomic E-state index is 11.6. The van der Waals surface area contributed by atoms with Gasteiger partial charge in [0.15, 0.2) is 0 Å². The van der Waals surface area contributed by atoms with Crippen LogP contribution in [0, 0.1) is 18.3 Å². The molecule has 0 aromatic heterocycles. The third-order valence-corrected chi connectivity index (χ3v) is 1.87. The molecule has 1 rings (SSSR count). The molecule has 1 amide bonds. The summed E-state index contributed by atoms with van der Waals surface area (Å²) < 4.78 is 20.8. The van der Waals surface area contributed by atoms with Gasteiger partial charge in [-0.25, -0.2) is 0 Å². The second kappa shape index (κ2) is 3.79. The van der Waals surface area contributed by atoms with Crippen LogP contribution < -0.4 is 11.1 Å². The summed E-state index contributed by atoms with van der Waals surface area (Å²) in [4.78, 5) is 11.6. The summed E-state index contributed by atoms with van der Waals surface area (Å²) in [5, 5.41) is 10.6. The molecule has 0 fully saturated rings. The number of hydrogen-bond donors (Lipinski definition) is 2. The van der Waals surface area contributed by atoms with Gasteiger partial charge in [0.05, 0.1) is 17.2 Å². The Kier molecular flexibility index (Phi) is 1.74. The lowest BCUT2D eigenvalue weighted by atomic mass is 10.0. The average Bonchev–Trinajstić information content (AvgIpc) is 2.19. The van der Waals surface area contributed by atoms with E-state index in [2.05, 4.69) is 0 Å². The minimum Gasteiger partial charge on any atom is -0.398 e. The lowest BCUT2D eigenvalue weighted by molar-refractivity contribution is 0.0964. The van der Waals surface area contributed by atoms with Crippen molar-refractivity contribution in [2.24, 2.45) is 0 Å². The Morgan fingerprint density at radius 3 is 3.00 bits per heavy atom. The molecule has 4 heteroatoms. The predicted molar refractivity (Wildman–Crippen MR) is 53.7 cm³/mol. The van der Waals surface area contributed by atoms with Gasteiger partial charge in [0.1, 0.15) is 0 Å². The molecule has 0 bridgehead atoms. The van der Waals surface area contributed by atoms with Crippen molar-refractivity contribution in [3.8, 4) is 6.07 Å². The first-order valence-corrected chi connectivity index (χ1v) is 3.87. The number of aryl methyl sites for hydroxylation is 1. The monoisotopic (exact) mass is 192 g/mol. The van der Waals surface area contributed by atoms with Crippen molar-refractivity contribution in [2.75, 3.05) is 12.7 Å². The number of nitrogen functional groups attached to an aromatic ring is 1. The number of nitriles is 1. The first-order valence-electron chi connectivity index (χ1n) is 5.37. The van der Waals surface area contributed by atoms with Crippen LogP contribution in [0.2, 0.25) is 0 Å². The molecule has 0 heterocycles. The standard InChI is InChI=1S/C10H11N3O/c1-6-3-7(5-11)4-8(9(6)12)10(14)13-2/h3-4H,12H2,1-2H3,(H,13,14)/i2D3. The summed E-state index contributed by atoms with van der Waals surface area (Å²) in [6, 6.07) is 4.67. The van der Waals surface area contributed by atoms with Gasteiger partial charge in [-0.2, -0.15) is 5.26 Å². The van der Waals surface area contributed by atoms with E-state index in [1.807, 2.05) is 11.4 Å². The van der Waals surface area contributed by atoms with Gasteiger partial charge in [0.25, 0.3) is 5.91 Å². The third kappa shape index (κ3) is 1.67. The topological polar surface area (TPSA) is 78.9 Å². The maximum Gasteiger partial charge on any atom is 0.253 e. The van der Waals surface area contributed by atoms with E-state index < -0.39 is 12.9 Å². The number of anilines is 1. The lowest BCUT2D eigenvalue weighted by Crippen LogP contribution is -2.20. The van der Waals surface area contributed by atoms with Crippen molar-refractivity contribution in [3.63, 3.8) is 0 Å². The highest BCUT2D eigenvalue weighted by molar-refractivity contribution is 6.00. The molecule has 3 N–H and O–H groups in total. The predicted octanol–water partition coefficient (Wildman–Crippen LogP) is 0.808. The van der Waals surface area contributed by atoms with Crippen molar-refractivity contribution in [1.29, 1.82) is 5.26 Å². The molecule has 1 aromatic carbocycles. The Balaban J connectivity index is 3.18. The van der Waals surface area contributed by atoms with Crippen LogP contribution >= 0.6 is 0 Å². The highest BCUT2D eigenvalue weighted by Gasteiger charge is 2.11. The van der Waals surface area contributed by atoms with E-state index in [1.54, 1.807) is 6.92 Å². The smallest absolute Gasteiger partial charge is 0.253 e. The largest absolute Gasteiger partial charge is 0.398 e. The summed E-state index contributed by atoms with van der Waals surface area (Å²) in [6.45, 7) is -0.942. The number of carbonyl (C=O) groups is 1. The minimum atomic E-state index is -2.58. The lowest BCUT2D eigenvalue weighted by Gasteiger charge is -2.07. The van der Waals surface area contributed by atoms with Gasteiger partial charge in [0.2, 0.25) is 0 Å². The summed E-state index contributed by atoms with van der Waals surface area (Å²) in [5.41, 5.74) is 6.65. The second-order valence-corrected chi connectivity index (χ2v) is 2.82. The zero-order valence-electron chi connectivity index (χ0n) is 10.6.